The zero-order valence-corrected chi connectivity index (χ0v) is 18.3. The summed E-state index contributed by atoms with van der Waals surface area (Å²) in [4.78, 5) is 29.9. The number of likely N-dealkylation sites (tertiary alicyclic amines) is 1. The number of rotatable bonds is 3. The van der Waals surface area contributed by atoms with Crippen molar-refractivity contribution in [2.75, 3.05) is 18.0 Å². The molecule has 4 nitrogen and oxygen atoms in total. The average Bonchev–Trinajstić information content (AvgIpc) is 2.98. The first-order chi connectivity index (χ1) is 15.1. The van der Waals surface area contributed by atoms with Gasteiger partial charge in [-0.2, -0.15) is 13.2 Å². The summed E-state index contributed by atoms with van der Waals surface area (Å²) in [5, 5.41) is 0. The first-order valence-corrected chi connectivity index (χ1v) is 10.7. The lowest BCUT2D eigenvalue weighted by Gasteiger charge is -2.32. The van der Waals surface area contributed by atoms with Crippen LogP contribution in [0.1, 0.15) is 42.0 Å². The maximum Gasteiger partial charge on any atom is 0.416 e. The van der Waals surface area contributed by atoms with Gasteiger partial charge in [0, 0.05) is 13.1 Å². The molecule has 0 N–H and O–H groups in total. The molecule has 2 aliphatic rings. The van der Waals surface area contributed by atoms with Crippen molar-refractivity contribution in [3.05, 3.63) is 70.4 Å². The summed E-state index contributed by atoms with van der Waals surface area (Å²) in [5.41, 5.74) is 2.07. The number of halogens is 3. The summed E-state index contributed by atoms with van der Waals surface area (Å²) in [6.45, 7) is 7.21. The van der Waals surface area contributed by atoms with E-state index in [-0.39, 0.29) is 17.0 Å². The van der Waals surface area contributed by atoms with Gasteiger partial charge in [-0.1, -0.05) is 36.8 Å². The molecule has 0 bridgehead atoms. The van der Waals surface area contributed by atoms with Gasteiger partial charge < -0.3 is 4.90 Å². The number of benzene rings is 2. The SMILES string of the molecule is Cc1ccc(C2=C(N3CCC(C)CC3)C(=O)N(c3cccc(C(F)(F)F)c3)C2=O)c(C)c1. The van der Waals surface area contributed by atoms with E-state index >= 15 is 0 Å². The highest BCUT2D eigenvalue weighted by molar-refractivity contribution is 6.45. The normalized spacial score (nSPS) is 18.2. The van der Waals surface area contributed by atoms with Gasteiger partial charge in [-0.05, 0) is 61.9 Å². The summed E-state index contributed by atoms with van der Waals surface area (Å²) < 4.78 is 39.8. The number of carbonyl (C=O) groups excluding carboxylic acids is 2. The molecule has 1 saturated heterocycles. The van der Waals surface area contributed by atoms with Gasteiger partial charge in [0.2, 0.25) is 0 Å². The van der Waals surface area contributed by atoms with Crippen molar-refractivity contribution >= 4 is 23.1 Å². The van der Waals surface area contributed by atoms with Crippen LogP contribution in [-0.4, -0.2) is 29.8 Å². The molecule has 0 saturated carbocycles. The maximum atomic E-state index is 13.6. The quantitative estimate of drug-likeness (QED) is 0.603. The summed E-state index contributed by atoms with van der Waals surface area (Å²) in [6.07, 6.45) is -2.80. The van der Waals surface area contributed by atoms with E-state index in [1.807, 2.05) is 36.9 Å². The van der Waals surface area contributed by atoms with Crippen LogP contribution in [0, 0.1) is 19.8 Å². The highest BCUT2D eigenvalue weighted by Gasteiger charge is 2.44. The molecule has 2 aromatic rings. The van der Waals surface area contributed by atoms with Gasteiger partial charge in [-0.15, -0.1) is 0 Å². The first kappa shape index (κ1) is 22.1. The Morgan fingerprint density at radius 1 is 0.938 bits per heavy atom. The van der Waals surface area contributed by atoms with Crippen LogP contribution < -0.4 is 4.90 Å². The van der Waals surface area contributed by atoms with E-state index in [0.29, 0.717) is 24.6 Å². The lowest BCUT2D eigenvalue weighted by molar-refractivity contribution is -0.137. The van der Waals surface area contributed by atoms with Gasteiger partial charge >= 0.3 is 6.18 Å². The molecule has 168 valence electrons. The molecule has 2 amide bonds. The van der Waals surface area contributed by atoms with Gasteiger partial charge in [0.1, 0.15) is 5.70 Å². The van der Waals surface area contributed by atoms with E-state index in [4.69, 9.17) is 0 Å². The molecule has 2 aromatic carbocycles. The largest absolute Gasteiger partial charge is 0.416 e. The number of piperidine rings is 1. The van der Waals surface area contributed by atoms with Gasteiger partial charge in [-0.25, -0.2) is 4.90 Å². The molecule has 0 aliphatic carbocycles. The lowest BCUT2D eigenvalue weighted by atomic mass is 9.95. The Hall–Kier alpha value is -3.09. The third kappa shape index (κ3) is 3.92. The predicted molar refractivity (Wildman–Crippen MR) is 117 cm³/mol. The highest BCUT2D eigenvalue weighted by Crippen LogP contribution is 2.39. The third-order valence-electron chi connectivity index (χ3n) is 6.24. The fraction of sp³-hybridized carbons (Fsp3) is 0.360. The van der Waals surface area contributed by atoms with Crippen molar-refractivity contribution in [3.63, 3.8) is 0 Å². The molecule has 32 heavy (non-hydrogen) atoms. The first-order valence-electron chi connectivity index (χ1n) is 10.7. The minimum atomic E-state index is -4.57. The molecule has 0 spiro atoms. The topological polar surface area (TPSA) is 40.6 Å². The average molecular weight is 442 g/mol. The molecule has 1 fully saturated rings. The number of hydrogen-bond acceptors (Lipinski definition) is 3. The number of imide groups is 1. The van der Waals surface area contributed by atoms with Gasteiger partial charge in [-0.3, -0.25) is 9.59 Å². The number of anilines is 1. The zero-order valence-electron chi connectivity index (χ0n) is 18.3. The van der Waals surface area contributed by atoms with E-state index < -0.39 is 23.6 Å². The fourth-order valence-corrected chi connectivity index (χ4v) is 4.44. The molecule has 0 aromatic heterocycles. The Morgan fingerprint density at radius 2 is 1.62 bits per heavy atom. The Bertz CT molecular complexity index is 1110. The third-order valence-corrected chi connectivity index (χ3v) is 6.24. The second kappa shape index (κ2) is 8.11. The maximum absolute atomic E-state index is 13.6. The van der Waals surface area contributed by atoms with E-state index in [1.165, 1.54) is 12.1 Å². The van der Waals surface area contributed by atoms with Crippen LogP contribution in [-0.2, 0) is 15.8 Å². The Balaban J connectivity index is 1.84. The highest BCUT2D eigenvalue weighted by atomic mass is 19.4. The van der Waals surface area contributed by atoms with E-state index in [0.717, 1.165) is 41.0 Å². The van der Waals surface area contributed by atoms with Gasteiger partial charge in [0.05, 0.1) is 16.8 Å². The van der Waals surface area contributed by atoms with Crippen LogP contribution in [0.5, 0.6) is 0 Å². The van der Waals surface area contributed by atoms with Crippen molar-refractivity contribution in [1.29, 1.82) is 0 Å². The van der Waals surface area contributed by atoms with Crippen LogP contribution in [0.4, 0.5) is 18.9 Å². The number of hydrogen-bond donors (Lipinski definition) is 0. The summed E-state index contributed by atoms with van der Waals surface area (Å²) in [5.74, 6) is -0.642. The van der Waals surface area contributed by atoms with Gasteiger partial charge in [0.15, 0.2) is 0 Å². The van der Waals surface area contributed by atoms with Crippen LogP contribution in [0.2, 0.25) is 0 Å². The Labute approximate surface area is 185 Å². The predicted octanol–water partition coefficient (Wildman–Crippen LogP) is 5.34. The number of carbonyl (C=O) groups is 2. The number of amides is 2. The molecular formula is C25H25F3N2O2. The van der Waals surface area contributed by atoms with Crippen LogP contribution in [0.3, 0.4) is 0 Å². The minimum absolute atomic E-state index is 0.0718. The second-order valence-corrected chi connectivity index (χ2v) is 8.71. The molecule has 0 radical (unpaired) electrons. The standard InChI is InChI=1S/C25H25F3N2O2/c1-15-9-11-29(12-10-15)22-21(20-8-7-16(2)13-17(20)3)23(31)30(24(22)32)19-6-4-5-18(14-19)25(26,27)28/h4-8,13-15H,9-12H2,1-3H3. The lowest BCUT2D eigenvalue weighted by Crippen LogP contribution is -2.38. The molecule has 0 unspecified atom stereocenters. The number of nitrogens with zero attached hydrogens (tertiary/aromatic N) is 2. The van der Waals surface area contributed by atoms with E-state index in [9.17, 15) is 22.8 Å². The molecule has 2 aliphatic heterocycles. The summed E-state index contributed by atoms with van der Waals surface area (Å²) in [6, 6.07) is 9.99. The van der Waals surface area contributed by atoms with E-state index in [1.54, 1.807) is 0 Å². The molecule has 4 rings (SSSR count). The summed E-state index contributed by atoms with van der Waals surface area (Å²) in [7, 11) is 0. The number of alkyl halides is 3. The molecular weight excluding hydrogens is 417 g/mol. The van der Waals surface area contributed by atoms with Gasteiger partial charge in [0.25, 0.3) is 11.8 Å². The van der Waals surface area contributed by atoms with Crippen molar-refractivity contribution < 1.29 is 22.8 Å². The van der Waals surface area contributed by atoms with Crippen molar-refractivity contribution in [2.45, 2.75) is 39.8 Å². The molecule has 0 atom stereocenters. The van der Waals surface area contributed by atoms with E-state index in [2.05, 4.69) is 6.92 Å². The monoisotopic (exact) mass is 442 g/mol. The zero-order chi connectivity index (χ0) is 23.2. The van der Waals surface area contributed by atoms with Crippen LogP contribution in [0.15, 0.2) is 48.2 Å². The number of aryl methyl sites for hydroxylation is 2. The van der Waals surface area contributed by atoms with Crippen LogP contribution >= 0.6 is 0 Å². The minimum Gasteiger partial charge on any atom is -0.366 e. The Morgan fingerprint density at radius 3 is 2.25 bits per heavy atom. The summed E-state index contributed by atoms with van der Waals surface area (Å²) >= 11 is 0. The smallest absolute Gasteiger partial charge is 0.366 e. The molecule has 7 heteroatoms. The van der Waals surface area contributed by atoms with Crippen molar-refractivity contribution in [1.82, 2.24) is 4.90 Å². The fourth-order valence-electron chi connectivity index (χ4n) is 4.44. The van der Waals surface area contributed by atoms with Crippen molar-refractivity contribution in [3.8, 4) is 0 Å². The Kier molecular flexibility index (Phi) is 5.61. The van der Waals surface area contributed by atoms with Crippen LogP contribution in [0.25, 0.3) is 5.57 Å². The van der Waals surface area contributed by atoms with Crippen molar-refractivity contribution in [2.24, 2.45) is 5.92 Å². The second-order valence-electron chi connectivity index (χ2n) is 8.71. The molecule has 2 heterocycles.